The number of amides is 2. The average Bonchev–Trinajstić information content (AvgIpc) is 2.55. The van der Waals surface area contributed by atoms with Gasteiger partial charge in [-0.05, 0) is 29.3 Å². The monoisotopic (exact) mass is 354 g/mol. The van der Waals surface area contributed by atoms with Crippen LogP contribution >= 0.6 is 23.2 Å². The first kappa shape index (κ1) is 17.4. The van der Waals surface area contributed by atoms with Crippen molar-refractivity contribution in [1.29, 1.82) is 0 Å². The van der Waals surface area contributed by atoms with Crippen molar-refractivity contribution in [3.8, 4) is 5.75 Å². The smallest absolute Gasteiger partial charge is 0.317 e. The van der Waals surface area contributed by atoms with E-state index in [4.69, 9.17) is 33.0 Å². The van der Waals surface area contributed by atoms with Gasteiger partial charge in [0.15, 0.2) is 6.73 Å². The Morgan fingerprint density at radius 3 is 2.39 bits per heavy atom. The average molecular weight is 355 g/mol. The van der Waals surface area contributed by atoms with E-state index in [1.807, 2.05) is 12.1 Å². The molecule has 0 atom stereocenters. The fraction of sp³-hybridized carbons (Fsp3) is 0.188. The molecule has 0 aliphatic heterocycles. The summed E-state index contributed by atoms with van der Waals surface area (Å²) in [5.74, 6) is 0.441. The predicted octanol–water partition coefficient (Wildman–Crippen LogP) is 3.32. The van der Waals surface area contributed by atoms with Crippen LogP contribution in [0.5, 0.6) is 5.75 Å². The van der Waals surface area contributed by atoms with E-state index < -0.39 is 0 Å². The number of aliphatic hydroxyl groups is 1. The summed E-state index contributed by atoms with van der Waals surface area (Å²) in [4.78, 5) is 11.7. The molecule has 0 unspecified atom stereocenters. The number of aliphatic hydroxyl groups excluding tert-OH is 1. The summed E-state index contributed by atoms with van der Waals surface area (Å²) in [6, 6.07) is 11.8. The first-order chi connectivity index (χ1) is 11.1. The van der Waals surface area contributed by atoms with E-state index in [0.29, 0.717) is 22.3 Å². The SMILES string of the molecule is O=C(NCOc1ccc(Cl)cc1Cl)NCc1ccc(CO)cc1. The molecule has 0 aliphatic rings. The van der Waals surface area contributed by atoms with Gasteiger partial charge in [-0.15, -0.1) is 0 Å². The Bertz CT molecular complexity index is 663. The standard InChI is InChI=1S/C16H16Cl2N2O3/c17-13-5-6-15(14(18)7-13)23-10-20-16(22)19-8-11-1-3-12(9-21)4-2-11/h1-7,21H,8-10H2,(H2,19,20,22). The van der Waals surface area contributed by atoms with E-state index in [1.54, 1.807) is 30.3 Å². The number of ether oxygens (including phenoxy) is 1. The fourth-order valence-corrected chi connectivity index (χ4v) is 2.24. The Kier molecular flexibility index (Phi) is 6.52. The lowest BCUT2D eigenvalue weighted by molar-refractivity contribution is 0.223. The van der Waals surface area contributed by atoms with Gasteiger partial charge in [0, 0.05) is 11.6 Å². The van der Waals surface area contributed by atoms with Crippen LogP contribution in [-0.2, 0) is 13.2 Å². The molecule has 2 rings (SSSR count). The molecule has 0 radical (unpaired) electrons. The molecule has 122 valence electrons. The molecule has 0 spiro atoms. The molecule has 0 bridgehead atoms. The van der Waals surface area contributed by atoms with Gasteiger partial charge in [0.1, 0.15) is 5.75 Å². The van der Waals surface area contributed by atoms with Crippen LogP contribution < -0.4 is 15.4 Å². The summed E-state index contributed by atoms with van der Waals surface area (Å²) in [5.41, 5.74) is 1.76. The van der Waals surface area contributed by atoms with Crippen molar-refractivity contribution in [2.45, 2.75) is 13.2 Å². The van der Waals surface area contributed by atoms with Gasteiger partial charge < -0.3 is 20.5 Å². The number of carbonyl (C=O) groups is 1. The lowest BCUT2D eigenvalue weighted by atomic mass is 10.1. The minimum atomic E-state index is -0.360. The van der Waals surface area contributed by atoms with Gasteiger partial charge in [-0.25, -0.2) is 4.79 Å². The minimum Gasteiger partial charge on any atom is -0.472 e. The van der Waals surface area contributed by atoms with E-state index in [0.717, 1.165) is 11.1 Å². The third-order valence-electron chi connectivity index (χ3n) is 3.01. The summed E-state index contributed by atoms with van der Waals surface area (Å²) >= 11 is 11.7. The number of hydrogen-bond donors (Lipinski definition) is 3. The summed E-state index contributed by atoms with van der Waals surface area (Å²) in [7, 11) is 0. The van der Waals surface area contributed by atoms with Gasteiger partial charge in [0.05, 0.1) is 11.6 Å². The second-order valence-electron chi connectivity index (χ2n) is 4.70. The number of carbonyl (C=O) groups excluding carboxylic acids is 1. The third kappa shape index (κ3) is 5.63. The minimum absolute atomic E-state index is 0.00120. The molecule has 23 heavy (non-hydrogen) atoms. The van der Waals surface area contributed by atoms with Crippen molar-refractivity contribution in [1.82, 2.24) is 10.6 Å². The van der Waals surface area contributed by atoms with E-state index in [2.05, 4.69) is 10.6 Å². The summed E-state index contributed by atoms with van der Waals surface area (Å²) < 4.78 is 5.35. The molecule has 0 saturated heterocycles. The fourth-order valence-electron chi connectivity index (χ4n) is 1.78. The molecule has 0 fully saturated rings. The number of rotatable bonds is 6. The van der Waals surface area contributed by atoms with Crippen LogP contribution in [-0.4, -0.2) is 17.9 Å². The van der Waals surface area contributed by atoms with Gasteiger partial charge in [0.2, 0.25) is 0 Å². The molecule has 7 heteroatoms. The van der Waals surface area contributed by atoms with Crippen molar-refractivity contribution >= 4 is 29.2 Å². The van der Waals surface area contributed by atoms with Gasteiger partial charge in [0.25, 0.3) is 0 Å². The highest BCUT2D eigenvalue weighted by atomic mass is 35.5. The quantitative estimate of drug-likeness (QED) is 0.696. The molecule has 0 heterocycles. The number of benzene rings is 2. The summed E-state index contributed by atoms with van der Waals surface area (Å²) in [5, 5.41) is 15.1. The van der Waals surface area contributed by atoms with Crippen molar-refractivity contribution in [2.75, 3.05) is 6.73 Å². The van der Waals surface area contributed by atoms with Gasteiger partial charge in [-0.1, -0.05) is 47.5 Å². The molecular weight excluding hydrogens is 339 g/mol. The maximum atomic E-state index is 11.7. The Morgan fingerprint density at radius 2 is 1.74 bits per heavy atom. The lowest BCUT2D eigenvalue weighted by Crippen LogP contribution is -2.37. The molecular formula is C16H16Cl2N2O3. The highest BCUT2D eigenvalue weighted by molar-refractivity contribution is 6.35. The Morgan fingerprint density at radius 1 is 1.04 bits per heavy atom. The van der Waals surface area contributed by atoms with Crippen LogP contribution in [0, 0.1) is 0 Å². The van der Waals surface area contributed by atoms with Crippen LogP contribution in [0.4, 0.5) is 4.79 Å². The highest BCUT2D eigenvalue weighted by Crippen LogP contribution is 2.27. The van der Waals surface area contributed by atoms with Crippen LogP contribution in [0.2, 0.25) is 10.0 Å². The van der Waals surface area contributed by atoms with Crippen molar-refractivity contribution in [3.05, 3.63) is 63.6 Å². The normalized spacial score (nSPS) is 10.2. The zero-order valence-electron chi connectivity index (χ0n) is 12.2. The maximum Gasteiger partial charge on any atom is 0.317 e. The third-order valence-corrected chi connectivity index (χ3v) is 3.54. The molecule has 5 nitrogen and oxygen atoms in total. The van der Waals surface area contributed by atoms with E-state index in [9.17, 15) is 4.79 Å². The number of nitrogens with one attached hydrogen (secondary N) is 2. The Hall–Kier alpha value is -1.95. The second kappa shape index (κ2) is 8.62. The van der Waals surface area contributed by atoms with Crippen molar-refractivity contribution in [3.63, 3.8) is 0 Å². The van der Waals surface area contributed by atoms with E-state index >= 15 is 0 Å². The Balaban J connectivity index is 1.72. The lowest BCUT2D eigenvalue weighted by Gasteiger charge is -2.10. The van der Waals surface area contributed by atoms with Crippen LogP contribution in [0.3, 0.4) is 0 Å². The van der Waals surface area contributed by atoms with Gasteiger partial charge in [-0.2, -0.15) is 0 Å². The zero-order valence-corrected chi connectivity index (χ0v) is 13.7. The van der Waals surface area contributed by atoms with Crippen molar-refractivity contribution in [2.24, 2.45) is 0 Å². The Labute approximate surface area is 144 Å². The molecule has 3 N–H and O–H groups in total. The van der Waals surface area contributed by atoms with Crippen LogP contribution in [0.15, 0.2) is 42.5 Å². The molecule has 2 amide bonds. The van der Waals surface area contributed by atoms with E-state index in [-0.39, 0.29) is 19.4 Å². The first-order valence-corrected chi connectivity index (χ1v) is 7.62. The molecule has 2 aromatic carbocycles. The largest absolute Gasteiger partial charge is 0.472 e. The van der Waals surface area contributed by atoms with Crippen LogP contribution in [0.1, 0.15) is 11.1 Å². The maximum absolute atomic E-state index is 11.7. The number of halogens is 2. The van der Waals surface area contributed by atoms with Crippen LogP contribution in [0.25, 0.3) is 0 Å². The van der Waals surface area contributed by atoms with Gasteiger partial charge in [-0.3, -0.25) is 0 Å². The molecule has 2 aromatic rings. The number of hydrogen-bond acceptors (Lipinski definition) is 3. The first-order valence-electron chi connectivity index (χ1n) is 6.86. The highest BCUT2D eigenvalue weighted by Gasteiger charge is 2.04. The number of urea groups is 1. The molecule has 0 aromatic heterocycles. The zero-order chi connectivity index (χ0) is 16.7. The summed E-state index contributed by atoms with van der Waals surface area (Å²) in [6.45, 7) is 0.356. The molecule has 0 saturated carbocycles. The predicted molar refractivity (Wildman–Crippen MR) is 89.7 cm³/mol. The van der Waals surface area contributed by atoms with E-state index in [1.165, 1.54) is 0 Å². The second-order valence-corrected chi connectivity index (χ2v) is 5.54. The van der Waals surface area contributed by atoms with Gasteiger partial charge >= 0.3 is 6.03 Å². The van der Waals surface area contributed by atoms with Crippen molar-refractivity contribution < 1.29 is 14.6 Å². The topological polar surface area (TPSA) is 70.6 Å². The molecule has 0 aliphatic carbocycles. The summed E-state index contributed by atoms with van der Waals surface area (Å²) in [6.07, 6.45) is 0.